The van der Waals surface area contributed by atoms with Crippen molar-refractivity contribution >= 4 is 15.9 Å². The van der Waals surface area contributed by atoms with Crippen molar-refractivity contribution in [1.82, 2.24) is 19.8 Å². The maximum absolute atomic E-state index is 14.2. The molecule has 1 heterocycles. The molecule has 0 spiro atoms. The Morgan fingerprint density at radius 1 is 1.17 bits per heavy atom. The zero-order valence-electron chi connectivity index (χ0n) is 12.1. The smallest absolute Gasteiger partial charge is 0.368 e. The Hall–Kier alpha value is -2.48. The first-order chi connectivity index (χ1) is 11.1. The first-order valence-corrected chi connectivity index (χ1v) is 7.51. The summed E-state index contributed by atoms with van der Waals surface area (Å²) in [7, 11) is 1.47. The van der Waals surface area contributed by atoms with E-state index in [1.807, 2.05) is 18.2 Å². The van der Waals surface area contributed by atoms with Gasteiger partial charge in [-0.3, -0.25) is 0 Å². The Kier molecular flexibility index (Phi) is 4.24. The van der Waals surface area contributed by atoms with Crippen molar-refractivity contribution in [3.8, 4) is 11.4 Å². The standard InChI is InChI=1S/C15H12BrFN4O2/c1-20-15(22)21(19-18-20)13-7-4-6-12(17)10(13)9-23-14-8-3-2-5-11(14)16/h2-8H,9H2,1H3. The lowest BCUT2D eigenvalue weighted by molar-refractivity contribution is 0.297. The minimum Gasteiger partial charge on any atom is -0.488 e. The molecule has 23 heavy (non-hydrogen) atoms. The molecule has 1 aromatic heterocycles. The van der Waals surface area contributed by atoms with Gasteiger partial charge in [-0.15, -0.1) is 0 Å². The number of para-hydroxylation sites is 1. The molecule has 0 saturated heterocycles. The minimum atomic E-state index is -0.480. The van der Waals surface area contributed by atoms with Gasteiger partial charge < -0.3 is 4.74 Å². The van der Waals surface area contributed by atoms with Gasteiger partial charge in [0.1, 0.15) is 18.2 Å². The number of rotatable bonds is 4. The topological polar surface area (TPSA) is 61.9 Å². The van der Waals surface area contributed by atoms with Crippen molar-refractivity contribution in [3.05, 3.63) is 68.8 Å². The number of ether oxygens (including phenoxy) is 1. The normalized spacial score (nSPS) is 10.7. The molecule has 118 valence electrons. The van der Waals surface area contributed by atoms with Gasteiger partial charge in [0.2, 0.25) is 0 Å². The van der Waals surface area contributed by atoms with Gasteiger partial charge in [0.05, 0.1) is 15.7 Å². The van der Waals surface area contributed by atoms with Crippen LogP contribution in [0.4, 0.5) is 4.39 Å². The summed E-state index contributed by atoms with van der Waals surface area (Å²) in [6.45, 7) is -0.0480. The van der Waals surface area contributed by atoms with Crippen LogP contribution in [0.25, 0.3) is 5.69 Å². The molecule has 0 aliphatic carbocycles. The van der Waals surface area contributed by atoms with Gasteiger partial charge in [0.25, 0.3) is 0 Å². The van der Waals surface area contributed by atoms with E-state index in [9.17, 15) is 9.18 Å². The van der Waals surface area contributed by atoms with Gasteiger partial charge >= 0.3 is 5.69 Å². The van der Waals surface area contributed by atoms with E-state index < -0.39 is 11.5 Å². The summed E-state index contributed by atoms with van der Waals surface area (Å²) < 4.78 is 22.7. The summed E-state index contributed by atoms with van der Waals surface area (Å²) >= 11 is 3.37. The van der Waals surface area contributed by atoms with Crippen molar-refractivity contribution in [1.29, 1.82) is 0 Å². The lowest BCUT2D eigenvalue weighted by atomic mass is 10.2. The zero-order valence-corrected chi connectivity index (χ0v) is 13.7. The molecule has 8 heteroatoms. The number of benzene rings is 2. The van der Waals surface area contributed by atoms with Crippen LogP contribution in [0.5, 0.6) is 5.75 Å². The number of aromatic nitrogens is 4. The second-order valence-electron chi connectivity index (χ2n) is 4.75. The molecule has 2 aromatic carbocycles. The van der Waals surface area contributed by atoms with Crippen molar-refractivity contribution in [2.24, 2.45) is 7.05 Å². The molecular formula is C15H12BrFN4O2. The molecule has 0 fully saturated rings. The number of halogens is 2. The van der Waals surface area contributed by atoms with E-state index in [0.717, 1.165) is 13.8 Å². The summed E-state index contributed by atoms with van der Waals surface area (Å²) in [4.78, 5) is 12.0. The fourth-order valence-corrected chi connectivity index (χ4v) is 2.46. The minimum absolute atomic E-state index is 0.0480. The van der Waals surface area contributed by atoms with Crippen LogP contribution in [-0.4, -0.2) is 19.8 Å². The highest BCUT2D eigenvalue weighted by molar-refractivity contribution is 9.10. The number of nitrogens with zero attached hydrogens (tertiary/aromatic N) is 4. The van der Waals surface area contributed by atoms with Crippen molar-refractivity contribution in [2.75, 3.05) is 0 Å². The fraction of sp³-hybridized carbons (Fsp3) is 0.133. The summed E-state index contributed by atoms with van der Waals surface area (Å²) in [5.74, 6) is 0.0975. The third kappa shape index (κ3) is 3.02. The Morgan fingerprint density at radius 3 is 2.65 bits per heavy atom. The maximum atomic E-state index is 14.2. The lowest BCUT2D eigenvalue weighted by Crippen LogP contribution is -2.23. The molecular weight excluding hydrogens is 367 g/mol. The third-order valence-electron chi connectivity index (χ3n) is 3.25. The highest BCUT2D eigenvalue weighted by Gasteiger charge is 2.15. The van der Waals surface area contributed by atoms with E-state index in [1.165, 1.54) is 19.2 Å². The molecule has 3 aromatic rings. The largest absolute Gasteiger partial charge is 0.488 e. The van der Waals surface area contributed by atoms with Crippen LogP contribution in [0, 0.1) is 5.82 Å². The molecule has 0 amide bonds. The summed E-state index contributed by atoms with van der Waals surface area (Å²) in [5, 5.41) is 7.39. The molecule has 0 unspecified atom stereocenters. The van der Waals surface area contributed by atoms with E-state index in [4.69, 9.17) is 4.74 Å². The molecule has 0 radical (unpaired) electrons. The molecule has 0 aliphatic rings. The average Bonchev–Trinajstić information content (AvgIpc) is 2.87. The third-order valence-corrected chi connectivity index (χ3v) is 3.91. The maximum Gasteiger partial charge on any atom is 0.368 e. The molecule has 0 saturated carbocycles. The van der Waals surface area contributed by atoms with Crippen molar-refractivity contribution in [3.63, 3.8) is 0 Å². The van der Waals surface area contributed by atoms with Gasteiger partial charge in [0.15, 0.2) is 0 Å². The Morgan fingerprint density at radius 2 is 1.96 bits per heavy atom. The van der Waals surface area contributed by atoms with Gasteiger partial charge in [-0.1, -0.05) is 18.2 Å². The van der Waals surface area contributed by atoms with Gasteiger partial charge in [0, 0.05) is 7.05 Å². The number of aryl methyl sites for hydroxylation is 1. The van der Waals surface area contributed by atoms with Gasteiger partial charge in [-0.2, -0.15) is 9.36 Å². The number of hydrogen-bond acceptors (Lipinski definition) is 4. The highest BCUT2D eigenvalue weighted by atomic mass is 79.9. The summed E-state index contributed by atoms with van der Waals surface area (Å²) in [6.07, 6.45) is 0. The number of hydrogen-bond donors (Lipinski definition) is 0. The lowest BCUT2D eigenvalue weighted by Gasteiger charge is -2.12. The molecule has 0 bridgehead atoms. The van der Waals surface area contributed by atoms with Crippen LogP contribution in [0.1, 0.15) is 5.56 Å². The van der Waals surface area contributed by atoms with Crippen molar-refractivity contribution in [2.45, 2.75) is 6.61 Å². The highest BCUT2D eigenvalue weighted by Crippen LogP contribution is 2.26. The number of tetrazole rings is 1. The first-order valence-electron chi connectivity index (χ1n) is 6.72. The van der Waals surface area contributed by atoms with Crippen molar-refractivity contribution < 1.29 is 9.13 Å². The van der Waals surface area contributed by atoms with E-state index in [-0.39, 0.29) is 12.2 Å². The molecule has 6 nitrogen and oxygen atoms in total. The van der Waals surface area contributed by atoms with E-state index in [1.54, 1.807) is 12.1 Å². The van der Waals surface area contributed by atoms with Gasteiger partial charge in [-0.25, -0.2) is 9.18 Å². The van der Waals surface area contributed by atoms with Crippen LogP contribution in [0.3, 0.4) is 0 Å². The molecule has 3 rings (SSSR count). The van der Waals surface area contributed by atoms with Crippen LogP contribution >= 0.6 is 15.9 Å². The quantitative estimate of drug-likeness (QED) is 0.699. The second-order valence-corrected chi connectivity index (χ2v) is 5.61. The van der Waals surface area contributed by atoms with E-state index >= 15 is 0 Å². The summed E-state index contributed by atoms with van der Waals surface area (Å²) in [6, 6.07) is 11.7. The van der Waals surface area contributed by atoms with Crippen LogP contribution < -0.4 is 10.4 Å². The predicted molar refractivity (Wildman–Crippen MR) is 85.0 cm³/mol. The average molecular weight is 379 g/mol. The molecule has 0 N–H and O–H groups in total. The monoisotopic (exact) mass is 378 g/mol. The predicted octanol–water partition coefficient (Wildman–Crippen LogP) is 2.45. The Labute approximate surface area is 139 Å². The van der Waals surface area contributed by atoms with Crippen LogP contribution in [0.15, 0.2) is 51.7 Å². The van der Waals surface area contributed by atoms with Crippen LogP contribution in [0.2, 0.25) is 0 Å². The SMILES string of the molecule is Cn1nnn(-c2cccc(F)c2COc2ccccc2Br)c1=O. The summed E-state index contributed by atoms with van der Waals surface area (Å²) in [5.41, 5.74) is 0.0683. The van der Waals surface area contributed by atoms with Gasteiger partial charge in [-0.05, 0) is 50.6 Å². The first kappa shape index (κ1) is 15.4. The van der Waals surface area contributed by atoms with Crippen LogP contribution in [-0.2, 0) is 13.7 Å². The van der Waals surface area contributed by atoms with E-state index in [2.05, 4.69) is 26.4 Å². The Bertz CT molecular complexity index is 906. The molecule has 0 atom stereocenters. The fourth-order valence-electron chi connectivity index (χ4n) is 2.07. The molecule has 0 aliphatic heterocycles. The second kappa shape index (κ2) is 6.33. The van der Waals surface area contributed by atoms with E-state index in [0.29, 0.717) is 11.4 Å². The Balaban J connectivity index is 1.98. The zero-order chi connectivity index (χ0) is 16.4.